The van der Waals surface area contributed by atoms with Crippen molar-refractivity contribution in [3.63, 3.8) is 0 Å². The molecule has 0 heterocycles. The number of hydrogen-bond donors (Lipinski definition) is 1. The van der Waals surface area contributed by atoms with Gasteiger partial charge in [-0.05, 0) is 30.7 Å². The van der Waals surface area contributed by atoms with Gasteiger partial charge in [0.1, 0.15) is 0 Å². The Hall–Kier alpha value is -1.12. The molecule has 0 aliphatic carbocycles. The van der Waals surface area contributed by atoms with Crippen LogP contribution in [-0.4, -0.2) is 17.8 Å². The highest BCUT2D eigenvalue weighted by Crippen LogP contribution is 2.17. The molecule has 20 heavy (non-hydrogen) atoms. The van der Waals surface area contributed by atoms with Crippen molar-refractivity contribution in [2.75, 3.05) is 6.61 Å². The van der Waals surface area contributed by atoms with E-state index in [9.17, 15) is 5.11 Å². The molecule has 0 aromatic heterocycles. The van der Waals surface area contributed by atoms with Crippen LogP contribution >= 0.6 is 0 Å². The van der Waals surface area contributed by atoms with E-state index in [1.54, 1.807) is 0 Å². The smallest absolute Gasteiger partial charge is 0.0717 e. The molecule has 0 aliphatic heterocycles. The molecule has 0 amide bonds. The van der Waals surface area contributed by atoms with Crippen molar-refractivity contribution in [3.05, 3.63) is 48.0 Å². The Kier molecular flexibility index (Phi) is 8.24. The van der Waals surface area contributed by atoms with Gasteiger partial charge in [-0.2, -0.15) is 0 Å². The zero-order valence-electron chi connectivity index (χ0n) is 12.8. The fourth-order valence-electron chi connectivity index (χ4n) is 2.36. The largest absolute Gasteiger partial charge is 0.393 e. The first-order valence-corrected chi connectivity index (χ1v) is 7.58. The molecule has 1 aromatic rings. The number of rotatable bonds is 10. The molecule has 0 radical (unpaired) electrons. The summed E-state index contributed by atoms with van der Waals surface area (Å²) >= 11 is 0. The lowest BCUT2D eigenvalue weighted by molar-refractivity contribution is 0.0908. The van der Waals surface area contributed by atoms with Crippen molar-refractivity contribution in [1.82, 2.24) is 0 Å². The molecule has 0 saturated heterocycles. The molecule has 0 aliphatic rings. The summed E-state index contributed by atoms with van der Waals surface area (Å²) in [6, 6.07) is 10.2. The SMILES string of the molecule is C=C(C[C@@H](C)COCc1ccccc1)C[C@@H](O)CCC. The van der Waals surface area contributed by atoms with Crippen LogP contribution < -0.4 is 0 Å². The van der Waals surface area contributed by atoms with Crippen LogP contribution in [0.1, 0.15) is 45.1 Å². The van der Waals surface area contributed by atoms with Crippen molar-refractivity contribution < 1.29 is 9.84 Å². The molecular formula is C18H28O2. The predicted molar refractivity (Wildman–Crippen MR) is 84.6 cm³/mol. The second-order valence-corrected chi connectivity index (χ2v) is 5.71. The molecule has 2 nitrogen and oxygen atoms in total. The summed E-state index contributed by atoms with van der Waals surface area (Å²) in [5.74, 6) is 0.444. The molecule has 2 atom stereocenters. The molecule has 0 fully saturated rings. The molecule has 0 bridgehead atoms. The zero-order chi connectivity index (χ0) is 14.8. The molecule has 1 rings (SSSR count). The van der Waals surface area contributed by atoms with Gasteiger partial charge in [0.25, 0.3) is 0 Å². The van der Waals surface area contributed by atoms with E-state index in [0.717, 1.165) is 37.9 Å². The summed E-state index contributed by atoms with van der Waals surface area (Å²) in [5, 5.41) is 9.77. The van der Waals surface area contributed by atoms with Gasteiger partial charge in [0.2, 0.25) is 0 Å². The Balaban J connectivity index is 2.16. The highest BCUT2D eigenvalue weighted by molar-refractivity contribution is 5.13. The topological polar surface area (TPSA) is 29.5 Å². The van der Waals surface area contributed by atoms with E-state index in [0.29, 0.717) is 12.5 Å². The first kappa shape index (κ1) is 16.9. The summed E-state index contributed by atoms with van der Waals surface area (Å²) in [6.07, 6.45) is 3.29. The van der Waals surface area contributed by atoms with Crippen LogP contribution in [0.4, 0.5) is 0 Å². The normalized spacial score (nSPS) is 13.9. The summed E-state index contributed by atoms with van der Waals surface area (Å²) in [4.78, 5) is 0. The molecular weight excluding hydrogens is 248 g/mol. The summed E-state index contributed by atoms with van der Waals surface area (Å²) in [6.45, 7) is 9.72. The van der Waals surface area contributed by atoms with Crippen LogP contribution in [0.15, 0.2) is 42.5 Å². The lowest BCUT2D eigenvalue weighted by Crippen LogP contribution is -2.11. The maximum Gasteiger partial charge on any atom is 0.0717 e. The van der Waals surface area contributed by atoms with E-state index in [4.69, 9.17) is 4.74 Å². The van der Waals surface area contributed by atoms with Crippen LogP contribution in [-0.2, 0) is 11.3 Å². The van der Waals surface area contributed by atoms with Crippen molar-refractivity contribution in [2.24, 2.45) is 5.92 Å². The van der Waals surface area contributed by atoms with Crippen molar-refractivity contribution in [3.8, 4) is 0 Å². The molecule has 1 aromatic carbocycles. The van der Waals surface area contributed by atoms with Crippen molar-refractivity contribution >= 4 is 0 Å². The first-order chi connectivity index (χ1) is 9.61. The molecule has 0 saturated carbocycles. The van der Waals surface area contributed by atoms with E-state index < -0.39 is 0 Å². The average molecular weight is 276 g/mol. The van der Waals surface area contributed by atoms with Gasteiger partial charge >= 0.3 is 0 Å². The maximum atomic E-state index is 9.77. The number of benzene rings is 1. The first-order valence-electron chi connectivity index (χ1n) is 7.58. The minimum Gasteiger partial charge on any atom is -0.393 e. The molecule has 1 N–H and O–H groups in total. The standard InChI is InChI=1S/C18H28O2/c1-4-8-18(19)12-15(2)11-16(3)13-20-14-17-9-6-5-7-10-17/h5-7,9-10,16,18-19H,2,4,8,11-14H2,1,3H3/t16-,18+/m1/s1. The highest BCUT2D eigenvalue weighted by Gasteiger charge is 2.09. The van der Waals surface area contributed by atoms with Crippen molar-refractivity contribution in [2.45, 2.75) is 52.2 Å². The lowest BCUT2D eigenvalue weighted by atomic mass is 9.97. The van der Waals surface area contributed by atoms with Crippen molar-refractivity contribution in [1.29, 1.82) is 0 Å². The number of hydrogen-bond acceptors (Lipinski definition) is 2. The highest BCUT2D eigenvalue weighted by atomic mass is 16.5. The van der Waals surface area contributed by atoms with E-state index in [2.05, 4.69) is 32.6 Å². The second-order valence-electron chi connectivity index (χ2n) is 5.71. The maximum absolute atomic E-state index is 9.77. The third-order valence-corrected chi connectivity index (χ3v) is 3.30. The fraction of sp³-hybridized carbons (Fsp3) is 0.556. The monoisotopic (exact) mass is 276 g/mol. The van der Waals surface area contributed by atoms with E-state index in [1.165, 1.54) is 5.56 Å². The predicted octanol–water partition coefficient (Wildman–Crippen LogP) is 4.34. The van der Waals surface area contributed by atoms with Crippen LogP contribution in [0.5, 0.6) is 0 Å². The Labute approximate surface area is 123 Å². The Morgan fingerprint density at radius 2 is 1.95 bits per heavy atom. The quantitative estimate of drug-likeness (QED) is 0.644. The molecule has 112 valence electrons. The van der Waals surface area contributed by atoms with Gasteiger partial charge in [0.05, 0.1) is 12.7 Å². The van der Waals surface area contributed by atoms with Crippen LogP contribution in [0.25, 0.3) is 0 Å². The summed E-state index contributed by atoms with van der Waals surface area (Å²) in [5.41, 5.74) is 2.33. The number of ether oxygens (including phenoxy) is 1. The molecule has 0 spiro atoms. The molecule has 0 unspecified atom stereocenters. The Morgan fingerprint density at radius 1 is 1.25 bits per heavy atom. The Bertz CT molecular complexity index is 372. The van der Waals surface area contributed by atoms with Crippen LogP contribution in [0.2, 0.25) is 0 Å². The van der Waals surface area contributed by atoms with Gasteiger partial charge < -0.3 is 9.84 Å². The minimum absolute atomic E-state index is 0.232. The van der Waals surface area contributed by atoms with Gasteiger partial charge in [-0.1, -0.05) is 62.8 Å². The van der Waals surface area contributed by atoms with Gasteiger partial charge in [-0.15, -0.1) is 0 Å². The lowest BCUT2D eigenvalue weighted by Gasteiger charge is -2.16. The van der Waals surface area contributed by atoms with E-state index in [-0.39, 0.29) is 6.10 Å². The van der Waals surface area contributed by atoms with E-state index in [1.807, 2.05) is 18.2 Å². The molecule has 2 heteroatoms. The zero-order valence-corrected chi connectivity index (χ0v) is 12.8. The Morgan fingerprint density at radius 3 is 2.60 bits per heavy atom. The van der Waals surface area contributed by atoms with Crippen LogP contribution in [0.3, 0.4) is 0 Å². The van der Waals surface area contributed by atoms with Gasteiger partial charge in [-0.25, -0.2) is 0 Å². The fourth-order valence-corrected chi connectivity index (χ4v) is 2.36. The average Bonchev–Trinajstić information content (AvgIpc) is 2.39. The van der Waals surface area contributed by atoms with Gasteiger partial charge in [0.15, 0.2) is 0 Å². The third kappa shape index (κ3) is 7.46. The van der Waals surface area contributed by atoms with Gasteiger partial charge in [-0.3, -0.25) is 0 Å². The van der Waals surface area contributed by atoms with Gasteiger partial charge in [0, 0.05) is 6.61 Å². The van der Waals surface area contributed by atoms with Crippen LogP contribution in [0, 0.1) is 5.92 Å². The minimum atomic E-state index is -0.232. The number of aliphatic hydroxyl groups is 1. The van der Waals surface area contributed by atoms with E-state index >= 15 is 0 Å². The summed E-state index contributed by atoms with van der Waals surface area (Å²) < 4.78 is 5.73. The third-order valence-electron chi connectivity index (χ3n) is 3.30. The number of aliphatic hydroxyl groups excluding tert-OH is 1. The summed E-state index contributed by atoms with van der Waals surface area (Å²) in [7, 11) is 0. The second kappa shape index (κ2) is 9.73.